The minimum Gasteiger partial charge on any atom is -0.368 e. The van der Waals surface area contributed by atoms with Crippen LogP contribution in [0.1, 0.15) is 12.8 Å². The van der Waals surface area contributed by atoms with Crippen LogP contribution in [0.2, 0.25) is 0 Å². The van der Waals surface area contributed by atoms with Crippen LogP contribution in [0, 0.1) is 0 Å². The van der Waals surface area contributed by atoms with E-state index < -0.39 is 0 Å². The average Bonchev–Trinajstić information content (AvgIpc) is 3.17. The molecule has 9 nitrogen and oxygen atoms in total. The van der Waals surface area contributed by atoms with Crippen molar-refractivity contribution in [3.63, 3.8) is 0 Å². The molecule has 2 aromatic heterocycles. The number of nitrogens with zero attached hydrogens (tertiary/aromatic N) is 8. The van der Waals surface area contributed by atoms with Crippen molar-refractivity contribution in [3.05, 3.63) is 12.7 Å². The third kappa shape index (κ3) is 2.29. The van der Waals surface area contributed by atoms with Crippen molar-refractivity contribution >= 4 is 11.9 Å². The number of hydrogen-bond acceptors (Lipinski definition) is 8. The highest BCUT2D eigenvalue weighted by Gasteiger charge is 2.31. The molecule has 2 aromatic rings. The summed E-state index contributed by atoms with van der Waals surface area (Å²) in [6.45, 7) is 4.12. The molecule has 0 radical (unpaired) electrons. The van der Waals surface area contributed by atoms with E-state index in [4.69, 9.17) is 5.73 Å². The van der Waals surface area contributed by atoms with Crippen LogP contribution in [-0.2, 0) is 0 Å². The number of aromatic nitrogens is 6. The Morgan fingerprint density at radius 2 is 2.00 bits per heavy atom. The van der Waals surface area contributed by atoms with Gasteiger partial charge in [-0.05, 0) is 19.4 Å². The van der Waals surface area contributed by atoms with Crippen LogP contribution in [0.15, 0.2) is 12.7 Å². The number of fused-ring (bicyclic) bond motifs is 1. The standard InChI is InChI=1S/C12H17N9/c13-10-16-11(18-12(17-10)21-8-14-7-15-21)20-5-4-19-3-1-2-9(19)6-20/h7-9H,1-6H2,(H2,13,16,17,18). The summed E-state index contributed by atoms with van der Waals surface area (Å²) in [5.74, 6) is 1.24. The Hall–Kier alpha value is -2.29. The minimum atomic E-state index is 0.208. The average molecular weight is 287 g/mol. The second kappa shape index (κ2) is 4.92. The molecule has 1 unspecified atom stereocenters. The van der Waals surface area contributed by atoms with Gasteiger partial charge in [-0.25, -0.2) is 4.98 Å². The molecule has 110 valence electrons. The first-order valence-corrected chi connectivity index (χ1v) is 7.15. The summed E-state index contributed by atoms with van der Waals surface area (Å²) in [7, 11) is 0. The molecular weight excluding hydrogens is 270 g/mol. The molecule has 0 amide bonds. The Kier molecular flexibility index (Phi) is 2.92. The van der Waals surface area contributed by atoms with Crippen molar-refractivity contribution in [2.45, 2.75) is 18.9 Å². The fourth-order valence-electron chi connectivity index (χ4n) is 3.10. The summed E-state index contributed by atoms with van der Waals surface area (Å²) in [6.07, 6.45) is 5.51. The fraction of sp³-hybridized carbons (Fsp3) is 0.583. The molecule has 2 fully saturated rings. The van der Waals surface area contributed by atoms with Gasteiger partial charge in [0.05, 0.1) is 0 Å². The highest BCUT2D eigenvalue weighted by atomic mass is 15.4. The van der Waals surface area contributed by atoms with E-state index in [1.165, 1.54) is 30.4 Å². The van der Waals surface area contributed by atoms with E-state index in [2.05, 4.69) is 34.8 Å². The molecule has 21 heavy (non-hydrogen) atoms. The molecular formula is C12H17N9. The third-order valence-electron chi connectivity index (χ3n) is 4.12. The zero-order valence-corrected chi connectivity index (χ0v) is 11.6. The number of nitrogen functional groups attached to an aromatic ring is 1. The summed E-state index contributed by atoms with van der Waals surface area (Å²) in [4.78, 5) is 21.5. The van der Waals surface area contributed by atoms with Crippen molar-refractivity contribution < 1.29 is 0 Å². The topological polar surface area (TPSA) is 102 Å². The van der Waals surface area contributed by atoms with Gasteiger partial charge in [0, 0.05) is 25.7 Å². The van der Waals surface area contributed by atoms with Gasteiger partial charge in [-0.1, -0.05) is 0 Å². The predicted molar refractivity (Wildman–Crippen MR) is 76.0 cm³/mol. The maximum Gasteiger partial charge on any atom is 0.258 e. The fourth-order valence-corrected chi connectivity index (χ4v) is 3.10. The van der Waals surface area contributed by atoms with Gasteiger partial charge in [0.1, 0.15) is 12.7 Å². The molecule has 2 saturated heterocycles. The maximum atomic E-state index is 5.82. The van der Waals surface area contributed by atoms with Crippen LogP contribution in [-0.4, -0.2) is 66.8 Å². The molecule has 0 aliphatic carbocycles. The minimum absolute atomic E-state index is 0.208. The van der Waals surface area contributed by atoms with Crippen molar-refractivity contribution in [1.29, 1.82) is 0 Å². The highest BCUT2D eigenvalue weighted by Crippen LogP contribution is 2.24. The molecule has 0 saturated carbocycles. The Bertz CT molecular complexity index is 626. The van der Waals surface area contributed by atoms with Gasteiger partial charge >= 0.3 is 0 Å². The monoisotopic (exact) mass is 287 g/mol. The number of rotatable bonds is 2. The maximum absolute atomic E-state index is 5.82. The molecule has 2 aliphatic heterocycles. The quantitative estimate of drug-likeness (QED) is 0.775. The largest absolute Gasteiger partial charge is 0.368 e. The van der Waals surface area contributed by atoms with Crippen molar-refractivity contribution in [2.24, 2.45) is 0 Å². The van der Waals surface area contributed by atoms with E-state index in [-0.39, 0.29) is 5.95 Å². The van der Waals surface area contributed by atoms with E-state index in [1.54, 1.807) is 6.33 Å². The second-order valence-corrected chi connectivity index (χ2v) is 5.41. The summed E-state index contributed by atoms with van der Waals surface area (Å²) < 4.78 is 1.49. The first-order valence-electron chi connectivity index (χ1n) is 7.15. The highest BCUT2D eigenvalue weighted by molar-refractivity contribution is 5.38. The Balaban J connectivity index is 1.63. The van der Waals surface area contributed by atoms with Gasteiger partial charge in [-0.2, -0.15) is 24.7 Å². The lowest BCUT2D eigenvalue weighted by atomic mass is 10.2. The van der Waals surface area contributed by atoms with Gasteiger partial charge in [0.15, 0.2) is 0 Å². The number of piperazine rings is 1. The SMILES string of the molecule is Nc1nc(N2CCN3CCCC3C2)nc(-n2cncn2)n1. The normalized spacial score (nSPS) is 22.5. The number of nitrogens with two attached hydrogens (primary N) is 1. The van der Waals surface area contributed by atoms with Gasteiger partial charge in [-0.15, -0.1) is 0 Å². The van der Waals surface area contributed by atoms with Crippen LogP contribution in [0.25, 0.3) is 5.95 Å². The van der Waals surface area contributed by atoms with Crippen molar-refractivity contribution in [2.75, 3.05) is 36.8 Å². The lowest BCUT2D eigenvalue weighted by molar-refractivity contribution is 0.229. The Morgan fingerprint density at radius 1 is 1.10 bits per heavy atom. The van der Waals surface area contributed by atoms with Gasteiger partial charge < -0.3 is 10.6 Å². The van der Waals surface area contributed by atoms with Gasteiger partial charge in [0.25, 0.3) is 5.95 Å². The summed E-state index contributed by atoms with van der Waals surface area (Å²) in [5.41, 5.74) is 5.82. The number of hydrogen-bond donors (Lipinski definition) is 1. The van der Waals surface area contributed by atoms with Crippen molar-refractivity contribution in [3.8, 4) is 5.95 Å². The first kappa shape index (κ1) is 12.5. The van der Waals surface area contributed by atoms with Crippen molar-refractivity contribution in [1.82, 2.24) is 34.6 Å². The molecule has 4 heterocycles. The molecule has 0 bridgehead atoms. The molecule has 0 aromatic carbocycles. The van der Waals surface area contributed by atoms with Crippen LogP contribution in [0.3, 0.4) is 0 Å². The molecule has 1 atom stereocenters. The Morgan fingerprint density at radius 3 is 2.86 bits per heavy atom. The molecule has 4 rings (SSSR count). The molecule has 9 heteroatoms. The van der Waals surface area contributed by atoms with Gasteiger partial charge in [-0.3, -0.25) is 4.90 Å². The first-order chi connectivity index (χ1) is 10.3. The zero-order valence-electron chi connectivity index (χ0n) is 11.6. The summed E-state index contributed by atoms with van der Waals surface area (Å²) >= 11 is 0. The lowest BCUT2D eigenvalue weighted by Crippen LogP contribution is -2.50. The second-order valence-electron chi connectivity index (χ2n) is 5.41. The zero-order chi connectivity index (χ0) is 14.2. The lowest BCUT2D eigenvalue weighted by Gasteiger charge is -2.37. The van der Waals surface area contributed by atoms with E-state index in [9.17, 15) is 0 Å². The van der Waals surface area contributed by atoms with E-state index in [1.807, 2.05) is 0 Å². The smallest absolute Gasteiger partial charge is 0.258 e. The van der Waals surface area contributed by atoms with E-state index in [0.717, 1.165) is 19.6 Å². The van der Waals surface area contributed by atoms with Crippen LogP contribution in [0.5, 0.6) is 0 Å². The number of anilines is 2. The van der Waals surface area contributed by atoms with Crippen LogP contribution < -0.4 is 10.6 Å². The van der Waals surface area contributed by atoms with E-state index in [0.29, 0.717) is 17.9 Å². The Labute approximate surface area is 121 Å². The van der Waals surface area contributed by atoms with Crippen LogP contribution >= 0.6 is 0 Å². The predicted octanol–water partition coefficient (Wildman–Crippen LogP) is -0.681. The summed E-state index contributed by atoms with van der Waals surface area (Å²) in [5, 5.41) is 4.04. The summed E-state index contributed by atoms with van der Waals surface area (Å²) in [6, 6.07) is 0.603. The third-order valence-corrected chi connectivity index (χ3v) is 4.12. The van der Waals surface area contributed by atoms with Gasteiger partial charge in [0.2, 0.25) is 11.9 Å². The van der Waals surface area contributed by atoms with E-state index >= 15 is 0 Å². The molecule has 2 aliphatic rings. The molecule has 0 spiro atoms. The van der Waals surface area contributed by atoms with Crippen LogP contribution in [0.4, 0.5) is 11.9 Å². The molecule has 2 N–H and O–H groups in total.